The Bertz CT molecular complexity index is 612. The molecular weight excluding hydrogens is 291 g/mol. The average Bonchev–Trinajstić information content (AvgIpc) is 2.84. The lowest BCUT2D eigenvalue weighted by Crippen LogP contribution is -2.23. The van der Waals surface area contributed by atoms with Crippen LogP contribution in [0.1, 0.15) is 30.4 Å². The topological polar surface area (TPSA) is 55.1 Å². The summed E-state index contributed by atoms with van der Waals surface area (Å²) in [5.74, 6) is 0.662. The van der Waals surface area contributed by atoms with E-state index < -0.39 is 0 Å². The number of nitrogens with zero attached hydrogens (tertiary/aromatic N) is 1. The molecule has 2 aromatic rings. The molecule has 1 heterocycles. The molecule has 0 radical (unpaired) electrons. The number of aryl methyl sites for hydroxylation is 1. The highest BCUT2D eigenvalue weighted by Crippen LogP contribution is 2.32. The SMILES string of the molecule is Cc1cc(NC(=O)C(C)SC(C)c2ccc(F)cc2)no1. The third-order valence-electron chi connectivity index (χ3n) is 3.00. The van der Waals surface area contributed by atoms with Crippen molar-refractivity contribution in [3.63, 3.8) is 0 Å². The van der Waals surface area contributed by atoms with Crippen LogP contribution in [0.5, 0.6) is 0 Å². The minimum atomic E-state index is -0.262. The monoisotopic (exact) mass is 308 g/mol. The van der Waals surface area contributed by atoms with Crippen LogP contribution < -0.4 is 5.32 Å². The van der Waals surface area contributed by atoms with Gasteiger partial charge in [0.2, 0.25) is 5.91 Å². The maximum atomic E-state index is 12.9. The molecule has 2 atom stereocenters. The summed E-state index contributed by atoms with van der Waals surface area (Å²) in [4.78, 5) is 12.1. The molecule has 0 saturated heterocycles. The molecule has 0 aliphatic carbocycles. The first-order chi connectivity index (χ1) is 9.95. The second kappa shape index (κ2) is 6.76. The Morgan fingerprint density at radius 3 is 2.57 bits per heavy atom. The molecule has 1 aromatic heterocycles. The van der Waals surface area contributed by atoms with Crippen molar-refractivity contribution in [3.8, 4) is 0 Å². The van der Waals surface area contributed by atoms with E-state index in [1.807, 2.05) is 13.8 Å². The standard InChI is InChI=1S/C15H17FN2O2S/c1-9-8-14(18-20-9)17-15(19)11(3)21-10(2)12-4-6-13(16)7-5-12/h4-8,10-11H,1-3H3,(H,17,18,19). The molecule has 1 amide bonds. The third-order valence-corrected chi connectivity index (χ3v) is 4.30. The first kappa shape index (κ1) is 15.6. The summed E-state index contributed by atoms with van der Waals surface area (Å²) >= 11 is 1.50. The van der Waals surface area contributed by atoms with Gasteiger partial charge in [-0.25, -0.2) is 4.39 Å². The predicted molar refractivity (Wildman–Crippen MR) is 81.7 cm³/mol. The Hall–Kier alpha value is -1.82. The van der Waals surface area contributed by atoms with Gasteiger partial charge in [-0.15, -0.1) is 11.8 Å². The molecule has 0 aliphatic heterocycles. The van der Waals surface area contributed by atoms with E-state index in [9.17, 15) is 9.18 Å². The minimum absolute atomic E-state index is 0.0883. The first-order valence-corrected chi connectivity index (χ1v) is 7.55. The van der Waals surface area contributed by atoms with Crippen LogP contribution in [0.3, 0.4) is 0 Å². The van der Waals surface area contributed by atoms with Gasteiger partial charge in [0, 0.05) is 11.3 Å². The highest BCUT2D eigenvalue weighted by Gasteiger charge is 2.19. The number of anilines is 1. The summed E-state index contributed by atoms with van der Waals surface area (Å²) in [7, 11) is 0. The number of nitrogens with one attached hydrogen (secondary N) is 1. The number of thioether (sulfide) groups is 1. The molecule has 0 bridgehead atoms. The summed E-state index contributed by atoms with van der Waals surface area (Å²) in [6.45, 7) is 5.58. The fourth-order valence-corrected chi connectivity index (χ4v) is 2.94. The van der Waals surface area contributed by atoms with Crippen LogP contribution in [0.4, 0.5) is 10.2 Å². The zero-order chi connectivity index (χ0) is 15.4. The molecule has 4 nitrogen and oxygen atoms in total. The van der Waals surface area contributed by atoms with Gasteiger partial charge in [0.15, 0.2) is 5.82 Å². The van der Waals surface area contributed by atoms with E-state index in [1.54, 1.807) is 25.1 Å². The number of carbonyl (C=O) groups excluding carboxylic acids is 1. The largest absolute Gasteiger partial charge is 0.360 e. The number of hydrogen-bond donors (Lipinski definition) is 1. The van der Waals surface area contributed by atoms with Crippen LogP contribution in [0.2, 0.25) is 0 Å². The normalized spacial score (nSPS) is 13.7. The maximum absolute atomic E-state index is 12.9. The number of carbonyl (C=O) groups is 1. The highest BCUT2D eigenvalue weighted by molar-refractivity contribution is 8.00. The Kier molecular flexibility index (Phi) is 5.01. The Morgan fingerprint density at radius 1 is 1.33 bits per heavy atom. The number of benzene rings is 1. The second-order valence-corrected chi connectivity index (χ2v) is 6.47. The molecule has 2 rings (SSSR count). The molecule has 0 fully saturated rings. The van der Waals surface area contributed by atoms with Crippen molar-refractivity contribution in [1.82, 2.24) is 5.16 Å². The lowest BCUT2D eigenvalue weighted by Gasteiger charge is -2.16. The smallest absolute Gasteiger partial charge is 0.238 e. The van der Waals surface area contributed by atoms with Gasteiger partial charge in [-0.2, -0.15) is 0 Å². The van der Waals surface area contributed by atoms with Crippen LogP contribution in [-0.2, 0) is 4.79 Å². The third kappa shape index (κ3) is 4.32. The van der Waals surface area contributed by atoms with Crippen molar-refractivity contribution < 1.29 is 13.7 Å². The number of halogens is 1. The number of hydrogen-bond acceptors (Lipinski definition) is 4. The van der Waals surface area contributed by atoms with E-state index in [0.717, 1.165) is 5.56 Å². The fourth-order valence-electron chi connectivity index (χ4n) is 1.83. The van der Waals surface area contributed by atoms with E-state index in [1.165, 1.54) is 23.9 Å². The minimum Gasteiger partial charge on any atom is -0.360 e. The molecule has 6 heteroatoms. The molecule has 0 aliphatic rings. The molecule has 0 spiro atoms. The van der Waals surface area contributed by atoms with Crippen molar-refractivity contribution in [2.75, 3.05) is 5.32 Å². The maximum Gasteiger partial charge on any atom is 0.238 e. The number of aromatic nitrogens is 1. The summed E-state index contributed by atoms with van der Waals surface area (Å²) in [5.41, 5.74) is 0.985. The van der Waals surface area contributed by atoms with Gasteiger partial charge in [0.05, 0.1) is 5.25 Å². The van der Waals surface area contributed by atoms with Crippen molar-refractivity contribution in [2.45, 2.75) is 31.3 Å². The quantitative estimate of drug-likeness (QED) is 0.909. The zero-order valence-electron chi connectivity index (χ0n) is 12.1. The van der Waals surface area contributed by atoms with Crippen LogP contribution in [0, 0.1) is 12.7 Å². The van der Waals surface area contributed by atoms with Gasteiger partial charge in [0.1, 0.15) is 11.6 Å². The molecule has 1 aromatic carbocycles. The molecule has 21 heavy (non-hydrogen) atoms. The lowest BCUT2D eigenvalue weighted by atomic mass is 10.2. The summed E-state index contributed by atoms with van der Waals surface area (Å²) in [6, 6.07) is 7.99. The van der Waals surface area contributed by atoms with E-state index in [-0.39, 0.29) is 22.2 Å². The van der Waals surface area contributed by atoms with Crippen molar-refractivity contribution in [2.24, 2.45) is 0 Å². The molecule has 2 unspecified atom stereocenters. The summed E-state index contributed by atoms with van der Waals surface area (Å²) in [6.07, 6.45) is 0. The van der Waals surface area contributed by atoms with Gasteiger partial charge in [0.25, 0.3) is 0 Å². The van der Waals surface area contributed by atoms with Crippen molar-refractivity contribution >= 4 is 23.5 Å². The first-order valence-electron chi connectivity index (χ1n) is 6.61. The Morgan fingerprint density at radius 2 is 2.00 bits per heavy atom. The van der Waals surface area contributed by atoms with Gasteiger partial charge in [-0.1, -0.05) is 17.3 Å². The summed E-state index contributed by atoms with van der Waals surface area (Å²) < 4.78 is 17.8. The van der Waals surface area contributed by atoms with Gasteiger partial charge in [-0.3, -0.25) is 4.79 Å². The second-order valence-electron chi connectivity index (χ2n) is 4.78. The predicted octanol–water partition coefficient (Wildman–Crippen LogP) is 3.94. The van der Waals surface area contributed by atoms with Crippen LogP contribution in [-0.4, -0.2) is 16.3 Å². The van der Waals surface area contributed by atoms with Crippen LogP contribution in [0.25, 0.3) is 0 Å². The number of amides is 1. The molecule has 112 valence electrons. The van der Waals surface area contributed by atoms with Crippen molar-refractivity contribution in [3.05, 3.63) is 47.5 Å². The number of rotatable bonds is 5. The summed E-state index contributed by atoms with van der Waals surface area (Å²) in [5, 5.41) is 6.26. The van der Waals surface area contributed by atoms with E-state index >= 15 is 0 Å². The van der Waals surface area contributed by atoms with E-state index in [2.05, 4.69) is 10.5 Å². The van der Waals surface area contributed by atoms with Crippen molar-refractivity contribution in [1.29, 1.82) is 0 Å². The van der Waals surface area contributed by atoms with Crippen LogP contribution >= 0.6 is 11.8 Å². The van der Waals surface area contributed by atoms with Crippen LogP contribution in [0.15, 0.2) is 34.9 Å². The molecule has 1 N–H and O–H groups in total. The lowest BCUT2D eigenvalue weighted by molar-refractivity contribution is -0.115. The fraction of sp³-hybridized carbons (Fsp3) is 0.333. The van der Waals surface area contributed by atoms with Gasteiger partial charge in [-0.05, 0) is 38.5 Å². The van der Waals surface area contributed by atoms with Gasteiger partial charge >= 0.3 is 0 Å². The Balaban J connectivity index is 1.92. The highest BCUT2D eigenvalue weighted by atomic mass is 32.2. The molecular formula is C15H17FN2O2S. The average molecular weight is 308 g/mol. The van der Waals surface area contributed by atoms with E-state index in [4.69, 9.17) is 4.52 Å². The Labute approximate surface area is 127 Å². The van der Waals surface area contributed by atoms with E-state index in [0.29, 0.717) is 11.6 Å². The van der Waals surface area contributed by atoms with Gasteiger partial charge < -0.3 is 9.84 Å². The molecule has 0 saturated carbocycles. The zero-order valence-corrected chi connectivity index (χ0v) is 12.9.